The van der Waals surface area contributed by atoms with Gasteiger partial charge in [-0.1, -0.05) is 30.3 Å². The van der Waals surface area contributed by atoms with Crippen molar-refractivity contribution in [2.24, 2.45) is 4.99 Å². The van der Waals surface area contributed by atoms with Crippen LogP contribution in [0.25, 0.3) is 0 Å². The molecule has 0 bridgehead atoms. The molecule has 0 radical (unpaired) electrons. The Labute approximate surface area is 153 Å². The fraction of sp³-hybridized carbons (Fsp3) is 0.650. The Morgan fingerprint density at radius 2 is 1.84 bits per heavy atom. The van der Waals surface area contributed by atoms with Gasteiger partial charge >= 0.3 is 0 Å². The van der Waals surface area contributed by atoms with Crippen LogP contribution in [0.5, 0.6) is 0 Å². The van der Waals surface area contributed by atoms with Gasteiger partial charge in [-0.15, -0.1) is 0 Å². The lowest BCUT2D eigenvalue weighted by Gasteiger charge is -2.21. The average Bonchev–Trinajstić information content (AvgIpc) is 2.62. The van der Waals surface area contributed by atoms with Crippen LogP contribution in [0.1, 0.15) is 39.2 Å². The molecule has 0 fully saturated rings. The molecule has 0 unspecified atom stereocenters. The minimum absolute atomic E-state index is 0.241. The Kier molecular flexibility index (Phi) is 10.9. The molecule has 5 heteroatoms. The van der Waals surface area contributed by atoms with Gasteiger partial charge in [0.2, 0.25) is 0 Å². The second kappa shape index (κ2) is 12.7. The van der Waals surface area contributed by atoms with Crippen molar-refractivity contribution in [2.75, 3.05) is 40.0 Å². The molecule has 142 valence electrons. The lowest BCUT2D eigenvalue weighted by atomic mass is 10.1. The monoisotopic (exact) mass is 349 g/mol. The van der Waals surface area contributed by atoms with Gasteiger partial charge in [-0.25, -0.2) is 0 Å². The number of hydrogen-bond donors (Lipinski definition) is 2. The molecule has 1 aromatic rings. The third-order valence-electron chi connectivity index (χ3n) is 3.90. The van der Waals surface area contributed by atoms with Gasteiger partial charge in [0, 0.05) is 26.8 Å². The Morgan fingerprint density at radius 3 is 2.52 bits per heavy atom. The fourth-order valence-electron chi connectivity index (χ4n) is 2.15. The molecule has 0 saturated carbocycles. The first-order valence-corrected chi connectivity index (χ1v) is 9.26. The average molecular weight is 350 g/mol. The summed E-state index contributed by atoms with van der Waals surface area (Å²) in [4.78, 5) is 4.57. The van der Waals surface area contributed by atoms with Crippen LogP contribution >= 0.6 is 0 Å². The summed E-state index contributed by atoms with van der Waals surface area (Å²) >= 11 is 0. The van der Waals surface area contributed by atoms with Crippen LogP contribution in [0, 0.1) is 0 Å². The van der Waals surface area contributed by atoms with Crippen LogP contribution in [0.4, 0.5) is 0 Å². The smallest absolute Gasteiger partial charge is 0.191 e. The van der Waals surface area contributed by atoms with E-state index in [0.29, 0.717) is 6.54 Å². The van der Waals surface area contributed by atoms with Crippen molar-refractivity contribution in [1.82, 2.24) is 10.6 Å². The van der Waals surface area contributed by atoms with Crippen LogP contribution in [-0.2, 0) is 15.9 Å². The maximum absolute atomic E-state index is 5.71. The maximum atomic E-state index is 5.71. The number of rotatable bonds is 12. The highest BCUT2D eigenvalue weighted by Gasteiger charge is 2.15. The van der Waals surface area contributed by atoms with E-state index in [2.05, 4.69) is 46.8 Å². The standard InChI is InChI=1S/C20H35N3O2/c1-5-21-19(23-17-20(2,3)24-4)22-14-9-10-15-25-16-13-18-11-7-6-8-12-18/h6-8,11-12H,5,9-10,13-17H2,1-4H3,(H2,21,22,23). The summed E-state index contributed by atoms with van der Waals surface area (Å²) in [5, 5.41) is 6.62. The number of nitrogens with one attached hydrogen (secondary N) is 2. The maximum Gasteiger partial charge on any atom is 0.191 e. The number of aliphatic imine (C=N–C) groups is 1. The summed E-state index contributed by atoms with van der Waals surface area (Å²) in [6, 6.07) is 10.5. The first-order valence-electron chi connectivity index (χ1n) is 9.26. The molecule has 0 saturated heterocycles. The molecule has 2 N–H and O–H groups in total. The summed E-state index contributed by atoms with van der Waals surface area (Å²) in [6.45, 7) is 10.1. The predicted molar refractivity (Wildman–Crippen MR) is 105 cm³/mol. The van der Waals surface area contributed by atoms with Crippen molar-refractivity contribution in [3.8, 4) is 0 Å². The Hall–Kier alpha value is -1.59. The topological polar surface area (TPSA) is 54.9 Å². The van der Waals surface area contributed by atoms with Crippen molar-refractivity contribution >= 4 is 5.96 Å². The van der Waals surface area contributed by atoms with E-state index in [9.17, 15) is 0 Å². The molecule has 0 amide bonds. The van der Waals surface area contributed by atoms with E-state index < -0.39 is 0 Å². The number of benzene rings is 1. The molecule has 0 aliphatic rings. The van der Waals surface area contributed by atoms with E-state index in [-0.39, 0.29) is 5.60 Å². The molecule has 0 heterocycles. The summed E-state index contributed by atoms with van der Waals surface area (Å²) in [6.07, 6.45) is 3.08. The molecule has 1 rings (SSSR count). The number of unbranched alkanes of at least 4 members (excludes halogenated alkanes) is 1. The summed E-state index contributed by atoms with van der Waals surface area (Å²) in [5.74, 6) is 0.845. The molecule has 25 heavy (non-hydrogen) atoms. The Morgan fingerprint density at radius 1 is 1.08 bits per heavy atom. The molecule has 0 atom stereocenters. The molecule has 0 spiro atoms. The van der Waals surface area contributed by atoms with Gasteiger partial charge in [0.1, 0.15) is 0 Å². The third kappa shape index (κ3) is 10.8. The molecule has 0 aromatic heterocycles. The third-order valence-corrected chi connectivity index (χ3v) is 3.90. The Bertz CT molecular complexity index is 475. The van der Waals surface area contributed by atoms with Crippen LogP contribution in [-0.4, -0.2) is 51.5 Å². The lowest BCUT2D eigenvalue weighted by molar-refractivity contribution is 0.0310. The molecule has 5 nitrogen and oxygen atoms in total. The molecule has 0 aliphatic heterocycles. The highest BCUT2D eigenvalue weighted by atomic mass is 16.5. The van der Waals surface area contributed by atoms with Gasteiger partial charge in [-0.3, -0.25) is 4.99 Å². The zero-order valence-corrected chi connectivity index (χ0v) is 16.3. The van der Waals surface area contributed by atoms with Gasteiger partial charge in [-0.05, 0) is 45.6 Å². The second-order valence-electron chi connectivity index (χ2n) is 6.64. The van der Waals surface area contributed by atoms with Crippen molar-refractivity contribution in [3.05, 3.63) is 35.9 Å². The minimum atomic E-state index is -0.241. The number of hydrogen-bond acceptors (Lipinski definition) is 3. The molecular weight excluding hydrogens is 314 g/mol. The highest BCUT2D eigenvalue weighted by molar-refractivity contribution is 5.79. The lowest BCUT2D eigenvalue weighted by Crippen LogP contribution is -2.39. The van der Waals surface area contributed by atoms with Crippen LogP contribution in [0.15, 0.2) is 35.3 Å². The number of nitrogens with zero attached hydrogens (tertiary/aromatic N) is 1. The van der Waals surface area contributed by atoms with Gasteiger partial charge in [-0.2, -0.15) is 0 Å². The highest BCUT2D eigenvalue weighted by Crippen LogP contribution is 2.07. The molecule has 1 aromatic carbocycles. The number of guanidine groups is 1. The van der Waals surface area contributed by atoms with E-state index in [1.807, 2.05) is 19.9 Å². The normalized spacial score (nSPS) is 12.2. The minimum Gasteiger partial charge on any atom is -0.381 e. The van der Waals surface area contributed by atoms with Gasteiger partial charge in [0.25, 0.3) is 0 Å². The SMILES string of the molecule is CCNC(=NCC(C)(C)OC)NCCCCOCCc1ccccc1. The van der Waals surface area contributed by atoms with Crippen LogP contribution < -0.4 is 10.6 Å². The van der Waals surface area contributed by atoms with Crippen molar-refractivity contribution < 1.29 is 9.47 Å². The van der Waals surface area contributed by atoms with Gasteiger partial charge in [0.05, 0.1) is 18.8 Å². The fourth-order valence-corrected chi connectivity index (χ4v) is 2.15. The van der Waals surface area contributed by atoms with Crippen molar-refractivity contribution in [3.63, 3.8) is 0 Å². The molecular formula is C20H35N3O2. The van der Waals surface area contributed by atoms with Crippen LogP contribution in [0.3, 0.4) is 0 Å². The zero-order chi connectivity index (χ0) is 18.4. The second-order valence-corrected chi connectivity index (χ2v) is 6.64. The van der Waals surface area contributed by atoms with Crippen LogP contribution in [0.2, 0.25) is 0 Å². The van der Waals surface area contributed by atoms with Crippen molar-refractivity contribution in [1.29, 1.82) is 0 Å². The Balaban J connectivity index is 2.10. The first-order chi connectivity index (χ1) is 12.1. The van der Waals surface area contributed by atoms with E-state index in [0.717, 1.165) is 51.5 Å². The van der Waals surface area contributed by atoms with E-state index >= 15 is 0 Å². The quantitative estimate of drug-likeness (QED) is 0.346. The van der Waals surface area contributed by atoms with E-state index in [1.54, 1.807) is 7.11 Å². The van der Waals surface area contributed by atoms with Crippen molar-refractivity contribution in [2.45, 2.75) is 45.6 Å². The van der Waals surface area contributed by atoms with Gasteiger partial charge < -0.3 is 20.1 Å². The predicted octanol–water partition coefficient (Wildman–Crippen LogP) is 3.01. The zero-order valence-electron chi connectivity index (χ0n) is 16.3. The van der Waals surface area contributed by atoms with E-state index in [4.69, 9.17) is 9.47 Å². The largest absolute Gasteiger partial charge is 0.381 e. The summed E-state index contributed by atoms with van der Waals surface area (Å²) < 4.78 is 11.1. The summed E-state index contributed by atoms with van der Waals surface area (Å²) in [7, 11) is 1.72. The van der Waals surface area contributed by atoms with E-state index in [1.165, 1.54) is 5.56 Å². The number of methoxy groups -OCH3 is 1. The molecule has 0 aliphatic carbocycles. The number of ether oxygens (including phenoxy) is 2. The van der Waals surface area contributed by atoms with Gasteiger partial charge in [0.15, 0.2) is 5.96 Å². The summed E-state index contributed by atoms with van der Waals surface area (Å²) in [5.41, 5.74) is 1.09. The first kappa shape index (κ1) is 21.5.